The quantitative estimate of drug-likeness (QED) is 0.408. The van der Waals surface area contributed by atoms with Crippen molar-refractivity contribution in [2.45, 2.75) is 19.3 Å². The van der Waals surface area contributed by atoms with Gasteiger partial charge in [0.2, 0.25) is 0 Å². The van der Waals surface area contributed by atoms with Crippen molar-refractivity contribution in [2.75, 3.05) is 0 Å². The summed E-state index contributed by atoms with van der Waals surface area (Å²) in [6.45, 7) is 4.41. The number of halogens is 1. The fourth-order valence-corrected chi connectivity index (χ4v) is 5.34. The van der Waals surface area contributed by atoms with Crippen LogP contribution in [0.4, 0.5) is 0 Å². The van der Waals surface area contributed by atoms with E-state index < -0.39 is 0 Å². The van der Waals surface area contributed by atoms with Gasteiger partial charge in [-0.2, -0.15) is 0 Å². The Morgan fingerprint density at radius 2 is 1.38 bits per heavy atom. The van der Waals surface area contributed by atoms with Gasteiger partial charge in [-0.25, -0.2) is 0 Å². The third-order valence-electron chi connectivity index (χ3n) is 5.93. The summed E-state index contributed by atoms with van der Waals surface area (Å²) in [6, 6.07) is 24.5. The van der Waals surface area contributed by atoms with Gasteiger partial charge < -0.3 is 0 Å². The number of hydrogen-bond donors (Lipinski definition) is 0. The van der Waals surface area contributed by atoms with Crippen molar-refractivity contribution in [3.05, 3.63) is 111 Å². The van der Waals surface area contributed by atoms with Gasteiger partial charge in [0.15, 0.2) is 0 Å². The Morgan fingerprint density at radius 1 is 0.769 bits per heavy atom. The second-order valence-corrected chi connectivity index (χ2v) is 7.99. The summed E-state index contributed by atoms with van der Waals surface area (Å²) in [7, 11) is 0. The van der Waals surface area contributed by atoms with Gasteiger partial charge in [-0.1, -0.05) is 82.7 Å². The summed E-state index contributed by atoms with van der Waals surface area (Å²) < 4.78 is 1.13. The molecule has 0 amide bonds. The van der Waals surface area contributed by atoms with Crippen LogP contribution in [0.3, 0.4) is 0 Å². The molecule has 0 saturated carbocycles. The molecule has 2 aliphatic carbocycles. The number of benzene rings is 3. The molecule has 3 aromatic rings. The maximum atomic E-state index is 3.67. The highest BCUT2D eigenvalue weighted by Crippen LogP contribution is 2.61. The van der Waals surface area contributed by atoms with Crippen molar-refractivity contribution in [3.8, 4) is 11.1 Å². The zero-order valence-corrected chi connectivity index (χ0v) is 16.5. The lowest BCUT2D eigenvalue weighted by molar-refractivity contribution is 0.766. The van der Waals surface area contributed by atoms with E-state index in [-0.39, 0.29) is 5.41 Å². The van der Waals surface area contributed by atoms with E-state index in [2.05, 4.69) is 109 Å². The van der Waals surface area contributed by atoms with Crippen LogP contribution in [0.2, 0.25) is 0 Å². The van der Waals surface area contributed by atoms with Crippen molar-refractivity contribution in [1.82, 2.24) is 0 Å². The van der Waals surface area contributed by atoms with Crippen LogP contribution in [0.5, 0.6) is 0 Å². The second-order valence-electron chi connectivity index (χ2n) is 7.07. The van der Waals surface area contributed by atoms with Crippen molar-refractivity contribution in [2.24, 2.45) is 0 Å². The Balaban J connectivity index is 1.99. The topological polar surface area (TPSA) is 0 Å². The lowest BCUT2D eigenvalue weighted by atomic mass is 9.70. The third-order valence-corrected chi connectivity index (χ3v) is 6.42. The molecule has 0 radical (unpaired) electrons. The first-order chi connectivity index (χ1) is 12.7. The van der Waals surface area contributed by atoms with E-state index in [1.807, 2.05) is 0 Å². The molecule has 0 N–H and O–H groups in total. The van der Waals surface area contributed by atoms with Crippen molar-refractivity contribution in [1.29, 1.82) is 0 Å². The predicted molar refractivity (Wildman–Crippen MR) is 113 cm³/mol. The highest BCUT2D eigenvalue weighted by Gasteiger charge is 2.50. The van der Waals surface area contributed by atoms with Gasteiger partial charge in [-0.15, -0.1) is 0 Å². The molecule has 0 aromatic heterocycles. The van der Waals surface area contributed by atoms with E-state index in [0.29, 0.717) is 0 Å². The van der Waals surface area contributed by atoms with E-state index in [9.17, 15) is 0 Å². The summed E-state index contributed by atoms with van der Waals surface area (Å²) in [5, 5.41) is 0. The molecule has 0 fully saturated rings. The minimum atomic E-state index is -0.182. The van der Waals surface area contributed by atoms with E-state index in [1.165, 1.54) is 44.5 Å². The van der Waals surface area contributed by atoms with Crippen LogP contribution < -0.4 is 0 Å². The molecule has 26 heavy (non-hydrogen) atoms. The fraction of sp³-hybridized carbons (Fsp3) is 0.120. The molecule has 0 aliphatic heterocycles. The normalized spacial score (nSPS) is 20.0. The van der Waals surface area contributed by atoms with Gasteiger partial charge in [0.05, 0.1) is 5.41 Å². The van der Waals surface area contributed by atoms with Crippen LogP contribution in [0.25, 0.3) is 16.7 Å². The average Bonchev–Trinajstić information content (AvgIpc) is 3.09. The molecule has 5 rings (SSSR count). The van der Waals surface area contributed by atoms with Gasteiger partial charge >= 0.3 is 0 Å². The Bertz CT molecular complexity index is 1120. The van der Waals surface area contributed by atoms with Crippen molar-refractivity contribution in [3.63, 3.8) is 0 Å². The molecule has 1 atom stereocenters. The average molecular weight is 399 g/mol. The maximum absolute atomic E-state index is 3.67. The summed E-state index contributed by atoms with van der Waals surface area (Å²) in [6.07, 6.45) is 4.42. The summed E-state index contributed by atoms with van der Waals surface area (Å²) in [4.78, 5) is 0. The van der Waals surface area contributed by atoms with E-state index in [0.717, 1.165) is 4.47 Å². The van der Waals surface area contributed by atoms with Crippen LogP contribution in [-0.4, -0.2) is 0 Å². The SMILES string of the molecule is C/C=C\C1=C(C)C2(c3ccccc31)c1ccccc1-c1cc(Br)ccc12. The molecule has 0 nitrogen and oxygen atoms in total. The summed E-state index contributed by atoms with van der Waals surface area (Å²) in [5.74, 6) is 0. The molecule has 3 aromatic carbocycles. The first-order valence-electron chi connectivity index (χ1n) is 9.03. The van der Waals surface area contributed by atoms with Crippen LogP contribution in [0, 0.1) is 0 Å². The van der Waals surface area contributed by atoms with Crippen molar-refractivity contribution < 1.29 is 0 Å². The summed E-state index contributed by atoms with van der Waals surface area (Å²) in [5.41, 5.74) is 10.8. The van der Waals surface area contributed by atoms with Crippen LogP contribution >= 0.6 is 15.9 Å². The molecule has 1 unspecified atom stereocenters. The first kappa shape index (κ1) is 15.8. The Hall–Kier alpha value is -2.38. The van der Waals surface area contributed by atoms with Crippen LogP contribution in [0.1, 0.15) is 36.1 Å². The molecule has 0 heterocycles. The number of rotatable bonds is 1. The third kappa shape index (κ3) is 1.79. The van der Waals surface area contributed by atoms with Gasteiger partial charge in [-0.05, 0) is 70.5 Å². The Kier molecular flexibility index (Phi) is 3.39. The van der Waals surface area contributed by atoms with Gasteiger partial charge in [-0.3, -0.25) is 0 Å². The number of allylic oxidation sites excluding steroid dienone is 4. The zero-order valence-electron chi connectivity index (χ0n) is 14.9. The predicted octanol–water partition coefficient (Wildman–Crippen LogP) is 7.13. The standard InChI is InChI=1S/C25H19Br/c1-3-8-18-16(2)25(22-11-6-4-9-19(18)22)23-12-7-5-10-20(23)21-15-17(26)13-14-24(21)25/h3-15H,1-2H3/b8-3-. The van der Waals surface area contributed by atoms with Gasteiger partial charge in [0, 0.05) is 4.47 Å². The molecule has 2 aliphatic rings. The van der Waals surface area contributed by atoms with Crippen molar-refractivity contribution >= 4 is 21.5 Å². The second kappa shape index (κ2) is 5.56. The van der Waals surface area contributed by atoms with E-state index in [1.54, 1.807) is 0 Å². The number of fused-ring (bicyclic) bond motifs is 7. The minimum absolute atomic E-state index is 0.182. The smallest absolute Gasteiger partial charge is 0.0685 e. The summed E-state index contributed by atoms with van der Waals surface area (Å²) >= 11 is 3.67. The molecular formula is C25H19Br. The molecule has 126 valence electrons. The monoisotopic (exact) mass is 398 g/mol. The molecule has 1 heteroatoms. The molecule has 1 spiro atoms. The Labute approximate surface area is 163 Å². The van der Waals surface area contributed by atoms with Crippen LogP contribution in [-0.2, 0) is 5.41 Å². The highest BCUT2D eigenvalue weighted by molar-refractivity contribution is 9.10. The number of hydrogen-bond acceptors (Lipinski definition) is 0. The molecule has 0 saturated heterocycles. The lowest BCUT2D eigenvalue weighted by Gasteiger charge is -2.31. The maximum Gasteiger partial charge on any atom is 0.0685 e. The van der Waals surface area contributed by atoms with Gasteiger partial charge in [0.25, 0.3) is 0 Å². The van der Waals surface area contributed by atoms with E-state index >= 15 is 0 Å². The molecular weight excluding hydrogens is 380 g/mol. The van der Waals surface area contributed by atoms with Gasteiger partial charge in [0.1, 0.15) is 0 Å². The lowest BCUT2D eigenvalue weighted by Crippen LogP contribution is -2.26. The van der Waals surface area contributed by atoms with Crippen LogP contribution in [0.15, 0.2) is 88.9 Å². The minimum Gasteiger partial charge on any atom is -0.0870 e. The van der Waals surface area contributed by atoms with E-state index in [4.69, 9.17) is 0 Å². The fourth-order valence-electron chi connectivity index (χ4n) is 4.98. The largest absolute Gasteiger partial charge is 0.0870 e. The molecule has 0 bridgehead atoms. The Morgan fingerprint density at radius 3 is 2.12 bits per heavy atom. The first-order valence-corrected chi connectivity index (χ1v) is 9.82. The zero-order chi connectivity index (χ0) is 17.9. The highest BCUT2D eigenvalue weighted by atomic mass is 79.9.